The summed E-state index contributed by atoms with van der Waals surface area (Å²) >= 11 is 0. The Balaban J connectivity index is 1.53. The van der Waals surface area contributed by atoms with Crippen LogP contribution in [0.2, 0.25) is 0 Å². The van der Waals surface area contributed by atoms with E-state index in [-0.39, 0.29) is 6.10 Å². The van der Waals surface area contributed by atoms with E-state index < -0.39 is 0 Å². The average molecular weight is 304 g/mol. The minimum Gasteiger partial charge on any atom is -0.380 e. The number of rotatable bonds is 4. The highest BCUT2D eigenvalue weighted by Gasteiger charge is 2.27. The van der Waals surface area contributed by atoms with E-state index in [1.807, 2.05) is 0 Å². The Bertz CT molecular complexity index is 432. The Hall–Kier alpha value is -0.940. The van der Waals surface area contributed by atoms with Gasteiger partial charge in [-0.1, -0.05) is 30.3 Å². The van der Waals surface area contributed by atoms with Gasteiger partial charge in [-0.15, -0.1) is 0 Å². The molecule has 0 aromatic heterocycles. The van der Waals surface area contributed by atoms with Gasteiger partial charge in [-0.25, -0.2) is 0 Å². The summed E-state index contributed by atoms with van der Waals surface area (Å²) in [6.45, 7) is 10.4. The molecule has 0 saturated carbocycles. The molecule has 1 aromatic carbocycles. The van der Waals surface area contributed by atoms with Crippen LogP contribution < -0.4 is 0 Å². The smallest absolute Gasteiger partial charge is 0.0952 e. The van der Waals surface area contributed by atoms with Crippen LogP contribution >= 0.6 is 0 Å². The Morgan fingerprint density at radius 2 is 1.95 bits per heavy atom. The Morgan fingerprint density at radius 3 is 2.82 bits per heavy atom. The van der Waals surface area contributed by atoms with Crippen molar-refractivity contribution in [1.29, 1.82) is 0 Å². The lowest BCUT2D eigenvalue weighted by molar-refractivity contribution is -0.0619. The van der Waals surface area contributed by atoms with Gasteiger partial charge in [0.15, 0.2) is 0 Å². The number of nitrogens with zero attached hydrogens (tertiary/aromatic N) is 2. The monoisotopic (exact) mass is 304 g/mol. The predicted molar refractivity (Wildman–Crippen MR) is 88.0 cm³/mol. The van der Waals surface area contributed by atoms with E-state index in [0.29, 0.717) is 6.04 Å². The first-order chi connectivity index (χ1) is 10.8. The maximum absolute atomic E-state index is 6.04. The van der Waals surface area contributed by atoms with Crippen LogP contribution in [0.1, 0.15) is 25.0 Å². The molecule has 0 aliphatic carbocycles. The fourth-order valence-corrected chi connectivity index (χ4v) is 3.28. The molecule has 122 valence electrons. The van der Waals surface area contributed by atoms with E-state index >= 15 is 0 Å². The summed E-state index contributed by atoms with van der Waals surface area (Å²) in [6, 6.07) is 11.1. The van der Waals surface area contributed by atoms with Crippen LogP contribution in [-0.2, 0) is 9.47 Å². The van der Waals surface area contributed by atoms with Crippen LogP contribution in [0, 0.1) is 0 Å². The molecule has 2 saturated heterocycles. The van der Waals surface area contributed by atoms with Crippen molar-refractivity contribution in [2.45, 2.75) is 25.5 Å². The lowest BCUT2D eigenvalue weighted by atomic mass is 10.1. The van der Waals surface area contributed by atoms with Gasteiger partial charge in [0, 0.05) is 45.4 Å². The molecule has 0 unspecified atom stereocenters. The molecule has 2 heterocycles. The minimum absolute atomic E-state index is 0.213. The van der Waals surface area contributed by atoms with Crippen LogP contribution in [0.4, 0.5) is 0 Å². The highest BCUT2D eigenvalue weighted by Crippen LogP contribution is 2.24. The number of hydrogen-bond donors (Lipinski definition) is 0. The van der Waals surface area contributed by atoms with Gasteiger partial charge in [-0.2, -0.15) is 0 Å². The van der Waals surface area contributed by atoms with Crippen molar-refractivity contribution < 1.29 is 9.47 Å². The Labute approximate surface area is 134 Å². The molecule has 1 aromatic rings. The lowest BCUT2D eigenvalue weighted by Crippen LogP contribution is -2.48. The van der Waals surface area contributed by atoms with Crippen LogP contribution in [-0.4, -0.2) is 68.4 Å². The first-order valence-corrected chi connectivity index (χ1v) is 8.53. The van der Waals surface area contributed by atoms with Gasteiger partial charge in [0.2, 0.25) is 0 Å². The third-order valence-corrected chi connectivity index (χ3v) is 4.75. The van der Waals surface area contributed by atoms with Crippen molar-refractivity contribution >= 4 is 0 Å². The van der Waals surface area contributed by atoms with Crippen molar-refractivity contribution in [2.75, 3.05) is 52.5 Å². The molecular weight excluding hydrogens is 276 g/mol. The van der Waals surface area contributed by atoms with E-state index in [9.17, 15) is 0 Å². The van der Waals surface area contributed by atoms with Crippen molar-refractivity contribution in [3.63, 3.8) is 0 Å². The molecule has 0 amide bonds. The Morgan fingerprint density at radius 1 is 1.09 bits per heavy atom. The molecular formula is C18H28N2O2. The van der Waals surface area contributed by atoms with Gasteiger partial charge >= 0.3 is 0 Å². The van der Waals surface area contributed by atoms with E-state index in [0.717, 1.165) is 52.4 Å². The molecule has 0 radical (unpaired) electrons. The zero-order valence-electron chi connectivity index (χ0n) is 13.6. The molecule has 0 N–H and O–H groups in total. The first-order valence-electron chi connectivity index (χ1n) is 8.53. The van der Waals surface area contributed by atoms with E-state index in [1.54, 1.807) is 0 Å². The summed E-state index contributed by atoms with van der Waals surface area (Å²) in [6.07, 6.45) is 1.37. The highest BCUT2D eigenvalue weighted by molar-refractivity contribution is 5.18. The second-order valence-corrected chi connectivity index (χ2v) is 6.38. The maximum Gasteiger partial charge on any atom is 0.0952 e. The molecule has 3 rings (SSSR count). The third kappa shape index (κ3) is 4.29. The molecule has 2 atom stereocenters. The van der Waals surface area contributed by atoms with Crippen molar-refractivity contribution in [3.8, 4) is 0 Å². The quantitative estimate of drug-likeness (QED) is 0.851. The number of hydrogen-bond acceptors (Lipinski definition) is 4. The van der Waals surface area contributed by atoms with Crippen molar-refractivity contribution in [2.24, 2.45) is 0 Å². The average Bonchev–Trinajstić information content (AvgIpc) is 2.84. The summed E-state index contributed by atoms with van der Waals surface area (Å²) in [5.41, 5.74) is 1.29. The number of morpholine rings is 1. The second-order valence-electron chi connectivity index (χ2n) is 6.38. The topological polar surface area (TPSA) is 24.9 Å². The third-order valence-electron chi connectivity index (χ3n) is 4.75. The van der Waals surface area contributed by atoms with Gasteiger partial charge in [0.1, 0.15) is 0 Å². The summed E-state index contributed by atoms with van der Waals surface area (Å²) in [7, 11) is 0. The minimum atomic E-state index is 0.213. The second kappa shape index (κ2) is 8.06. The fourth-order valence-electron chi connectivity index (χ4n) is 3.28. The molecule has 4 nitrogen and oxygen atoms in total. The summed E-state index contributed by atoms with van der Waals surface area (Å²) < 4.78 is 11.6. The predicted octanol–water partition coefficient (Wildman–Crippen LogP) is 2.17. The van der Waals surface area contributed by atoms with Crippen molar-refractivity contribution in [3.05, 3.63) is 35.9 Å². The van der Waals surface area contributed by atoms with Crippen LogP contribution in [0.3, 0.4) is 0 Å². The molecule has 2 aliphatic rings. The summed E-state index contributed by atoms with van der Waals surface area (Å²) in [5, 5.41) is 0. The molecule has 2 fully saturated rings. The van der Waals surface area contributed by atoms with Gasteiger partial charge in [-0.05, 0) is 18.9 Å². The van der Waals surface area contributed by atoms with E-state index in [2.05, 4.69) is 47.1 Å². The van der Waals surface area contributed by atoms with Crippen LogP contribution in [0.5, 0.6) is 0 Å². The maximum atomic E-state index is 6.04. The van der Waals surface area contributed by atoms with Crippen molar-refractivity contribution in [1.82, 2.24) is 9.80 Å². The van der Waals surface area contributed by atoms with E-state index in [4.69, 9.17) is 9.47 Å². The number of benzene rings is 1. The summed E-state index contributed by atoms with van der Waals surface area (Å²) in [5.74, 6) is 0. The first kappa shape index (κ1) is 15.9. The fraction of sp³-hybridized carbons (Fsp3) is 0.667. The normalized spacial score (nSPS) is 28.4. The van der Waals surface area contributed by atoms with Crippen LogP contribution in [0.25, 0.3) is 0 Å². The van der Waals surface area contributed by atoms with Gasteiger partial charge < -0.3 is 9.47 Å². The Kier molecular flexibility index (Phi) is 5.84. The zero-order valence-corrected chi connectivity index (χ0v) is 13.6. The SMILES string of the molecule is C[C@H]1CO[C@H](c2ccccc2)CN1CCN1CCCOCC1. The zero-order chi connectivity index (χ0) is 15.2. The van der Waals surface area contributed by atoms with Crippen LogP contribution in [0.15, 0.2) is 30.3 Å². The lowest BCUT2D eigenvalue weighted by Gasteiger charge is -2.39. The van der Waals surface area contributed by atoms with Gasteiger partial charge in [0.25, 0.3) is 0 Å². The molecule has 22 heavy (non-hydrogen) atoms. The standard InChI is InChI=1S/C18H28N2O2/c1-16-15-22-18(17-6-3-2-4-7-17)14-20(16)10-9-19-8-5-12-21-13-11-19/h2-4,6-7,16,18H,5,8-15H2,1H3/t16-,18-/m0/s1. The molecule has 4 heteroatoms. The molecule has 2 aliphatic heterocycles. The number of ether oxygens (including phenoxy) is 2. The molecule has 0 spiro atoms. The van der Waals surface area contributed by atoms with Gasteiger partial charge in [0.05, 0.1) is 19.3 Å². The largest absolute Gasteiger partial charge is 0.380 e. The summed E-state index contributed by atoms with van der Waals surface area (Å²) in [4.78, 5) is 5.11. The molecule has 0 bridgehead atoms. The van der Waals surface area contributed by atoms with Gasteiger partial charge in [-0.3, -0.25) is 9.80 Å². The highest BCUT2D eigenvalue weighted by atomic mass is 16.5. The van der Waals surface area contributed by atoms with E-state index in [1.165, 1.54) is 12.1 Å².